The van der Waals surface area contributed by atoms with E-state index in [1.807, 2.05) is 10.9 Å². The first kappa shape index (κ1) is 14.6. The monoisotopic (exact) mass is 290 g/mol. The van der Waals surface area contributed by atoms with E-state index in [-0.39, 0.29) is 12.0 Å². The third kappa shape index (κ3) is 3.12. The molecule has 0 radical (unpaired) electrons. The highest BCUT2D eigenvalue weighted by Crippen LogP contribution is 2.31. The van der Waals surface area contributed by atoms with Gasteiger partial charge in [-0.05, 0) is 50.5 Å². The number of piperidine rings is 1. The Balaban J connectivity index is 1.54. The van der Waals surface area contributed by atoms with Crippen molar-refractivity contribution in [2.45, 2.75) is 57.5 Å². The summed E-state index contributed by atoms with van der Waals surface area (Å²) in [5, 5.41) is 4.36. The number of carbonyl (C=O) groups excluding carboxylic acids is 1. The second-order valence-corrected chi connectivity index (χ2v) is 6.50. The number of nitrogens with zero attached hydrogens (tertiary/aromatic N) is 3. The molecule has 2 fully saturated rings. The Kier molecular flexibility index (Phi) is 4.29. The van der Waals surface area contributed by atoms with Gasteiger partial charge >= 0.3 is 0 Å². The van der Waals surface area contributed by atoms with E-state index >= 15 is 0 Å². The van der Waals surface area contributed by atoms with Crippen molar-refractivity contribution in [1.29, 1.82) is 0 Å². The van der Waals surface area contributed by atoms with Crippen molar-refractivity contribution >= 4 is 5.91 Å². The van der Waals surface area contributed by atoms with Gasteiger partial charge in [-0.1, -0.05) is 0 Å². The number of carbonyl (C=O) groups is 1. The van der Waals surface area contributed by atoms with Crippen molar-refractivity contribution in [1.82, 2.24) is 14.7 Å². The molecule has 2 heterocycles. The zero-order valence-corrected chi connectivity index (χ0v) is 12.9. The Bertz CT molecular complexity index is 490. The molecule has 1 aliphatic carbocycles. The van der Waals surface area contributed by atoms with Crippen molar-refractivity contribution in [2.24, 2.45) is 11.7 Å². The molecule has 2 N–H and O–H groups in total. The molecule has 5 heteroatoms. The van der Waals surface area contributed by atoms with Gasteiger partial charge < -0.3 is 10.6 Å². The second kappa shape index (κ2) is 6.18. The van der Waals surface area contributed by atoms with Crippen LogP contribution in [0.25, 0.3) is 0 Å². The van der Waals surface area contributed by atoms with Gasteiger partial charge in [0.05, 0.1) is 6.20 Å². The van der Waals surface area contributed by atoms with E-state index < -0.39 is 0 Å². The summed E-state index contributed by atoms with van der Waals surface area (Å²) in [5.74, 6) is 1.07. The summed E-state index contributed by atoms with van der Waals surface area (Å²) in [5.41, 5.74) is 7.25. The maximum Gasteiger partial charge on any atom is 0.225 e. The molecule has 1 aliphatic heterocycles. The van der Waals surface area contributed by atoms with Crippen LogP contribution in [0.2, 0.25) is 0 Å². The average Bonchev–Trinajstić information content (AvgIpc) is 3.15. The topological polar surface area (TPSA) is 64.2 Å². The minimum Gasteiger partial charge on any atom is -0.342 e. The summed E-state index contributed by atoms with van der Waals surface area (Å²) in [6.45, 7) is 4.78. The van der Waals surface area contributed by atoms with Gasteiger partial charge in [0.2, 0.25) is 5.91 Å². The van der Waals surface area contributed by atoms with E-state index in [0.717, 1.165) is 51.7 Å². The number of amides is 1. The maximum atomic E-state index is 12.5. The van der Waals surface area contributed by atoms with Crippen LogP contribution in [0.1, 0.15) is 50.5 Å². The average molecular weight is 290 g/mol. The smallest absolute Gasteiger partial charge is 0.225 e. The van der Waals surface area contributed by atoms with Gasteiger partial charge in [0, 0.05) is 37.8 Å². The molecule has 2 atom stereocenters. The highest BCUT2D eigenvalue weighted by atomic mass is 16.2. The fourth-order valence-corrected chi connectivity index (χ4v) is 3.70. The van der Waals surface area contributed by atoms with E-state index in [1.165, 1.54) is 5.56 Å². The molecule has 2 aliphatic rings. The predicted molar refractivity (Wildman–Crippen MR) is 81.8 cm³/mol. The molecule has 1 saturated heterocycles. The lowest BCUT2D eigenvalue weighted by Gasteiger charge is -2.33. The summed E-state index contributed by atoms with van der Waals surface area (Å²) in [6, 6.07) is 0.233. The van der Waals surface area contributed by atoms with E-state index in [0.29, 0.717) is 11.8 Å². The quantitative estimate of drug-likeness (QED) is 0.922. The van der Waals surface area contributed by atoms with Crippen LogP contribution in [0, 0.1) is 5.92 Å². The number of rotatable bonds is 3. The van der Waals surface area contributed by atoms with Crippen molar-refractivity contribution < 1.29 is 4.79 Å². The number of likely N-dealkylation sites (tertiary alicyclic amines) is 1. The van der Waals surface area contributed by atoms with Gasteiger partial charge in [-0.15, -0.1) is 0 Å². The van der Waals surface area contributed by atoms with Gasteiger partial charge in [0.25, 0.3) is 0 Å². The van der Waals surface area contributed by atoms with E-state index in [9.17, 15) is 4.79 Å². The highest BCUT2D eigenvalue weighted by molar-refractivity contribution is 5.79. The highest BCUT2D eigenvalue weighted by Gasteiger charge is 2.33. The minimum atomic E-state index is 0.180. The molecule has 5 nitrogen and oxygen atoms in total. The summed E-state index contributed by atoms with van der Waals surface area (Å²) in [4.78, 5) is 14.6. The standard InChI is InChI=1S/C16H26N4O/c1-2-20-11-14(10-18-20)12-5-7-19(8-6-12)16(21)13-3-4-15(17)9-13/h10-13,15H,2-9,17H2,1H3/t13-,15-/m1/s1. The summed E-state index contributed by atoms with van der Waals surface area (Å²) in [7, 11) is 0. The lowest BCUT2D eigenvalue weighted by atomic mass is 9.91. The molecule has 0 unspecified atom stereocenters. The molecule has 1 amide bonds. The molecule has 3 rings (SSSR count). The van der Waals surface area contributed by atoms with Crippen LogP contribution >= 0.6 is 0 Å². The van der Waals surface area contributed by atoms with Gasteiger partial charge in [-0.3, -0.25) is 9.48 Å². The Morgan fingerprint density at radius 2 is 2.10 bits per heavy atom. The zero-order chi connectivity index (χ0) is 14.8. The Morgan fingerprint density at radius 3 is 2.67 bits per heavy atom. The molecule has 21 heavy (non-hydrogen) atoms. The van der Waals surface area contributed by atoms with E-state index in [2.05, 4.69) is 23.1 Å². The summed E-state index contributed by atoms with van der Waals surface area (Å²) < 4.78 is 1.98. The van der Waals surface area contributed by atoms with Crippen molar-refractivity contribution in [2.75, 3.05) is 13.1 Å². The van der Waals surface area contributed by atoms with Crippen molar-refractivity contribution in [3.63, 3.8) is 0 Å². The van der Waals surface area contributed by atoms with Crippen LogP contribution in [0.15, 0.2) is 12.4 Å². The first-order chi connectivity index (χ1) is 10.2. The number of hydrogen-bond acceptors (Lipinski definition) is 3. The first-order valence-corrected chi connectivity index (χ1v) is 8.24. The molecule has 1 aromatic rings. The fraction of sp³-hybridized carbons (Fsp3) is 0.750. The Hall–Kier alpha value is -1.36. The molecular formula is C16H26N4O. The maximum absolute atomic E-state index is 12.5. The molecular weight excluding hydrogens is 264 g/mol. The van der Waals surface area contributed by atoms with Crippen molar-refractivity contribution in [3.05, 3.63) is 18.0 Å². The fourth-order valence-electron chi connectivity index (χ4n) is 3.70. The Morgan fingerprint density at radius 1 is 1.33 bits per heavy atom. The second-order valence-electron chi connectivity index (χ2n) is 6.50. The number of aromatic nitrogens is 2. The van der Waals surface area contributed by atoms with Crippen molar-refractivity contribution in [3.8, 4) is 0 Å². The van der Waals surface area contributed by atoms with Gasteiger partial charge in [0.15, 0.2) is 0 Å². The Labute approximate surface area is 126 Å². The minimum absolute atomic E-state index is 0.180. The lowest BCUT2D eigenvalue weighted by molar-refractivity contribution is -0.136. The molecule has 0 bridgehead atoms. The van der Waals surface area contributed by atoms with Crippen LogP contribution < -0.4 is 5.73 Å². The van der Waals surface area contributed by atoms with Gasteiger partial charge in [-0.25, -0.2) is 0 Å². The normalized spacial score (nSPS) is 27.2. The number of nitrogens with two attached hydrogens (primary N) is 1. The van der Waals surface area contributed by atoms with Crippen LogP contribution in [-0.2, 0) is 11.3 Å². The van der Waals surface area contributed by atoms with Gasteiger partial charge in [0.1, 0.15) is 0 Å². The largest absolute Gasteiger partial charge is 0.342 e. The third-order valence-electron chi connectivity index (χ3n) is 5.08. The van der Waals surface area contributed by atoms with Crippen LogP contribution in [0.5, 0.6) is 0 Å². The van der Waals surface area contributed by atoms with Crippen LogP contribution in [-0.4, -0.2) is 39.7 Å². The molecule has 1 aromatic heterocycles. The SMILES string of the molecule is CCn1cc(C2CCN(C(=O)[C@@H]3CC[C@@H](N)C3)CC2)cn1. The molecule has 1 saturated carbocycles. The number of hydrogen-bond donors (Lipinski definition) is 1. The van der Waals surface area contributed by atoms with Gasteiger partial charge in [-0.2, -0.15) is 5.10 Å². The molecule has 0 aromatic carbocycles. The van der Waals surface area contributed by atoms with Crippen LogP contribution in [0.4, 0.5) is 0 Å². The molecule has 116 valence electrons. The first-order valence-electron chi connectivity index (χ1n) is 8.24. The van der Waals surface area contributed by atoms with E-state index in [4.69, 9.17) is 5.73 Å². The molecule has 0 spiro atoms. The summed E-state index contributed by atoms with van der Waals surface area (Å²) in [6.07, 6.45) is 9.11. The number of aryl methyl sites for hydroxylation is 1. The predicted octanol–water partition coefficient (Wildman–Crippen LogP) is 1.74. The van der Waals surface area contributed by atoms with Crippen LogP contribution in [0.3, 0.4) is 0 Å². The summed E-state index contributed by atoms with van der Waals surface area (Å²) >= 11 is 0. The van der Waals surface area contributed by atoms with E-state index in [1.54, 1.807) is 0 Å². The zero-order valence-electron chi connectivity index (χ0n) is 12.9. The lowest BCUT2D eigenvalue weighted by Crippen LogP contribution is -2.41. The third-order valence-corrected chi connectivity index (χ3v) is 5.08.